The van der Waals surface area contributed by atoms with Crippen molar-refractivity contribution in [1.29, 1.82) is 0 Å². The Hall–Kier alpha value is -0.790. The molecule has 5 saturated carbocycles. The van der Waals surface area contributed by atoms with Crippen LogP contribution in [0.3, 0.4) is 0 Å². The molecule has 5 fully saturated rings. The zero-order chi connectivity index (χ0) is 24.9. The number of fused-ring (bicyclic) bond motifs is 7. The highest BCUT2D eigenvalue weighted by atomic mass is 16.5. The number of carbonyl (C=O) groups excluding carboxylic acids is 1. The number of allylic oxidation sites excluding steroid dienone is 1. The summed E-state index contributed by atoms with van der Waals surface area (Å²) in [7, 11) is 0. The summed E-state index contributed by atoms with van der Waals surface area (Å²) in [6.07, 6.45) is 13.4. The first-order valence-corrected chi connectivity index (χ1v) is 14.5. The first-order valence-electron chi connectivity index (χ1n) is 14.5. The molecule has 5 rings (SSSR count). The van der Waals surface area contributed by atoms with E-state index in [9.17, 15) is 4.79 Å². The van der Waals surface area contributed by atoms with Gasteiger partial charge in [0.1, 0.15) is 6.10 Å². The van der Waals surface area contributed by atoms with Gasteiger partial charge in [0, 0.05) is 12.3 Å². The van der Waals surface area contributed by atoms with Crippen molar-refractivity contribution in [3.8, 4) is 0 Å². The summed E-state index contributed by atoms with van der Waals surface area (Å²) in [4.78, 5) is 11.9. The van der Waals surface area contributed by atoms with E-state index in [-0.39, 0.29) is 17.5 Å². The molecule has 0 spiro atoms. The number of esters is 1. The fraction of sp³-hybridized carbons (Fsp3) is 0.906. The van der Waals surface area contributed by atoms with Crippen LogP contribution in [-0.2, 0) is 9.53 Å². The summed E-state index contributed by atoms with van der Waals surface area (Å²) in [5.41, 5.74) is 3.23. The fourth-order valence-electron chi connectivity index (χ4n) is 11.9. The Bertz CT molecular complexity index is 872. The van der Waals surface area contributed by atoms with Crippen LogP contribution in [0, 0.1) is 56.7 Å². The zero-order valence-electron chi connectivity index (χ0n) is 23.6. The number of carbonyl (C=O) groups is 1. The van der Waals surface area contributed by atoms with Gasteiger partial charge >= 0.3 is 5.97 Å². The lowest BCUT2D eigenvalue weighted by atomic mass is 9.32. The molecule has 0 aliphatic heterocycles. The van der Waals surface area contributed by atoms with E-state index in [2.05, 4.69) is 55.0 Å². The van der Waals surface area contributed by atoms with Gasteiger partial charge in [-0.25, -0.2) is 0 Å². The van der Waals surface area contributed by atoms with Crippen LogP contribution in [-0.4, -0.2) is 12.1 Å². The van der Waals surface area contributed by atoms with Crippen LogP contribution < -0.4 is 0 Å². The van der Waals surface area contributed by atoms with Crippen molar-refractivity contribution in [1.82, 2.24) is 0 Å². The van der Waals surface area contributed by atoms with Crippen molar-refractivity contribution in [2.75, 3.05) is 0 Å². The van der Waals surface area contributed by atoms with Gasteiger partial charge in [-0.05, 0) is 122 Å². The Morgan fingerprint density at radius 2 is 1.47 bits per heavy atom. The maximum Gasteiger partial charge on any atom is 0.302 e. The third kappa shape index (κ3) is 3.08. The zero-order valence-corrected chi connectivity index (χ0v) is 23.6. The molecule has 0 heterocycles. The third-order valence-electron chi connectivity index (χ3n) is 13.7. The first kappa shape index (κ1) is 24.9. The van der Waals surface area contributed by atoms with Crippen LogP contribution in [0.4, 0.5) is 0 Å². The molecular weight excluding hydrogens is 416 g/mol. The summed E-state index contributed by atoms with van der Waals surface area (Å²) in [6.45, 7) is 23.9. The summed E-state index contributed by atoms with van der Waals surface area (Å²) in [5.74, 6) is 3.74. The van der Waals surface area contributed by atoms with E-state index < -0.39 is 0 Å². The van der Waals surface area contributed by atoms with Gasteiger partial charge in [0.05, 0.1) is 0 Å². The monoisotopic (exact) mass is 468 g/mol. The van der Waals surface area contributed by atoms with Crippen molar-refractivity contribution in [2.45, 2.75) is 126 Å². The summed E-state index contributed by atoms with van der Waals surface area (Å²) in [5, 5.41) is 0. The molecule has 0 aromatic carbocycles. The minimum absolute atomic E-state index is 0.0550. The average Bonchev–Trinajstić information content (AvgIpc) is 3.08. The molecule has 0 radical (unpaired) electrons. The van der Waals surface area contributed by atoms with E-state index in [1.54, 1.807) is 6.92 Å². The Labute approximate surface area is 210 Å². The second-order valence-electron chi connectivity index (χ2n) is 15.3. The number of rotatable bonds is 2. The largest absolute Gasteiger partial charge is 0.462 e. The van der Waals surface area contributed by atoms with Gasteiger partial charge in [-0.2, -0.15) is 0 Å². The maximum absolute atomic E-state index is 11.9. The van der Waals surface area contributed by atoms with Crippen LogP contribution >= 0.6 is 0 Å². The lowest BCUT2D eigenvalue weighted by molar-refractivity contribution is -0.248. The molecule has 0 bridgehead atoms. The lowest BCUT2D eigenvalue weighted by Gasteiger charge is -2.73. The van der Waals surface area contributed by atoms with E-state index in [1.165, 1.54) is 63.4 Å². The van der Waals surface area contributed by atoms with Crippen LogP contribution in [0.25, 0.3) is 0 Å². The molecule has 5 aliphatic carbocycles. The second kappa shape index (κ2) is 7.61. The quantitative estimate of drug-likeness (QED) is 0.299. The van der Waals surface area contributed by atoms with Gasteiger partial charge < -0.3 is 4.74 Å². The Morgan fingerprint density at radius 3 is 2.12 bits per heavy atom. The van der Waals surface area contributed by atoms with E-state index in [1.807, 2.05) is 0 Å². The number of ether oxygens (including phenoxy) is 1. The molecule has 5 aliphatic rings. The molecule has 0 unspecified atom stereocenters. The van der Waals surface area contributed by atoms with Crippen molar-refractivity contribution < 1.29 is 9.53 Å². The molecule has 0 N–H and O–H groups in total. The van der Waals surface area contributed by atoms with Crippen LogP contribution in [0.5, 0.6) is 0 Å². The van der Waals surface area contributed by atoms with Crippen molar-refractivity contribution in [3.05, 3.63) is 12.2 Å². The molecule has 10 atom stereocenters. The SMILES string of the molecule is C=C(C)[C@@H]1CC[C@]2(C)CC[C@]3(C)[C@H](CC[C@@H]4[C@@]5(C)CC[C@@H](OC(C)=O)C(C)(C)[C@H]5CC[C@]43C)[C@H]12. The summed E-state index contributed by atoms with van der Waals surface area (Å²) >= 11 is 0. The van der Waals surface area contributed by atoms with Crippen molar-refractivity contribution >= 4 is 5.97 Å². The number of hydrogen-bond donors (Lipinski definition) is 0. The van der Waals surface area contributed by atoms with Gasteiger partial charge in [0.25, 0.3) is 0 Å². The third-order valence-corrected chi connectivity index (χ3v) is 13.7. The molecule has 0 saturated heterocycles. The second-order valence-corrected chi connectivity index (χ2v) is 15.3. The minimum atomic E-state index is -0.107. The Morgan fingerprint density at radius 1 is 0.765 bits per heavy atom. The summed E-state index contributed by atoms with van der Waals surface area (Å²) < 4.78 is 5.91. The number of hydrogen-bond acceptors (Lipinski definition) is 2. The molecule has 0 amide bonds. The molecular formula is C32H52O2. The molecule has 34 heavy (non-hydrogen) atoms. The van der Waals surface area contributed by atoms with Crippen LogP contribution in [0.2, 0.25) is 0 Å². The Kier molecular flexibility index (Phi) is 5.57. The molecule has 2 heteroatoms. The van der Waals surface area contributed by atoms with Crippen LogP contribution in [0.15, 0.2) is 12.2 Å². The van der Waals surface area contributed by atoms with E-state index in [0.29, 0.717) is 27.6 Å². The smallest absolute Gasteiger partial charge is 0.302 e. The molecule has 2 nitrogen and oxygen atoms in total. The molecule has 0 aromatic rings. The van der Waals surface area contributed by atoms with E-state index >= 15 is 0 Å². The van der Waals surface area contributed by atoms with Crippen molar-refractivity contribution in [3.63, 3.8) is 0 Å². The minimum Gasteiger partial charge on any atom is -0.462 e. The van der Waals surface area contributed by atoms with Gasteiger partial charge in [0.2, 0.25) is 0 Å². The Balaban J connectivity index is 1.50. The lowest BCUT2D eigenvalue weighted by Crippen LogP contribution is -2.66. The highest BCUT2D eigenvalue weighted by molar-refractivity contribution is 5.66. The fourth-order valence-corrected chi connectivity index (χ4v) is 11.9. The topological polar surface area (TPSA) is 26.3 Å². The normalized spacial score (nSPS) is 53.6. The van der Waals surface area contributed by atoms with E-state index in [4.69, 9.17) is 4.74 Å². The molecule has 192 valence electrons. The average molecular weight is 469 g/mol. The first-order chi connectivity index (χ1) is 15.7. The highest BCUT2D eigenvalue weighted by Gasteiger charge is 2.70. The van der Waals surface area contributed by atoms with Crippen LogP contribution in [0.1, 0.15) is 120 Å². The predicted octanol–water partition coefficient (Wildman–Crippen LogP) is 8.60. The van der Waals surface area contributed by atoms with Gasteiger partial charge in [-0.1, -0.05) is 53.7 Å². The highest BCUT2D eigenvalue weighted by Crippen LogP contribution is 2.77. The maximum atomic E-state index is 11.9. The van der Waals surface area contributed by atoms with Gasteiger partial charge in [-0.15, -0.1) is 0 Å². The predicted molar refractivity (Wildman–Crippen MR) is 140 cm³/mol. The van der Waals surface area contributed by atoms with Crippen molar-refractivity contribution in [2.24, 2.45) is 56.7 Å². The summed E-state index contributed by atoms with van der Waals surface area (Å²) in [6, 6.07) is 0. The van der Waals surface area contributed by atoms with E-state index in [0.717, 1.165) is 30.1 Å². The van der Waals surface area contributed by atoms with Gasteiger partial charge in [0.15, 0.2) is 0 Å². The standard InChI is InChI=1S/C32H52O2/c1-20(2)22-12-15-29(6)18-19-31(8)23(27(22)29)10-11-25-30(7)16-14-26(34-21(3)33)28(4,5)24(30)13-17-32(25,31)9/h22-27H,1,10-19H2,2-9H3/t22-,23+,24+,25+,26+,27-,29+,30-,31+,32+/m0/s1. The molecule has 0 aromatic heterocycles. The van der Waals surface area contributed by atoms with Gasteiger partial charge in [-0.3, -0.25) is 4.79 Å².